The summed E-state index contributed by atoms with van der Waals surface area (Å²) in [6.07, 6.45) is 10.9. The second kappa shape index (κ2) is 2.87. The van der Waals surface area contributed by atoms with Gasteiger partial charge in [0.1, 0.15) is 0 Å². The van der Waals surface area contributed by atoms with E-state index in [1.807, 2.05) is 0 Å². The maximum absolute atomic E-state index is 5.19. The van der Waals surface area contributed by atoms with Gasteiger partial charge in [-0.15, -0.1) is 6.42 Å². The van der Waals surface area contributed by atoms with Crippen LogP contribution >= 0.6 is 0 Å². The van der Waals surface area contributed by atoms with Crippen molar-refractivity contribution in [2.75, 3.05) is 6.54 Å². The molecule has 2 aliphatic carbocycles. The number of hydrogen-bond acceptors (Lipinski definition) is 1. The molecule has 0 aromatic carbocycles. The molecule has 1 nitrogen and oxygen atoms in total. The van der Waals surface area contributed by atoms with Gasteiger partial charge in [-0.25, -0.2) is 0 Å². The largest absolute Gasteiger partial charge is 0.303 e. The van der Waals surface area contributed by atoms with E-state index in [1.54, 1.807) is 0 Å². The number of hydrogen-bond donors (Lipinski definition) is 1. The zero-order chi connectivity index (χ0) is 7.68. The fourth-order valence-corrected chi connectivity index (χ4v) is 2.68. The summed E-state index contributed by atoms with van der Waals surface area (Å²) in [5.74, 6) is 4.62. The van der Waals surface area contributed by atoms with Crippen LogP contribution in [0.25, 0.3) is 0 Å². The molecule has 11 heavy (non-hydrogen) atoms. The Morgan fingerprint density at radius 3 is 2.82 bits per heavy atom. The minimum absolute atomic E-state index is 0.754. The van der Waals surface area contributed by atoms with E-state index in [0.717, 1.165) is 24.4 Å². The van der Waals surface area contributed by atoms with E-state index in [2.05, 4.69) is 11.2 Å². The minimum Gasteiger partial charge on any atom is -0.303 e. The van der Waals surface area contributed by atoms with Crippen LogP contribution in [-0.2, 0) is 0 Å². The molecule has 1 heteroatoms. The van der Waals surface area contributed by atoms with Crippen molar-refractivity contribution < 1.29 is 0 Å². The van der Waals surface area contributed by atoms with Crippen molar-refractivity contribution in [3.05, 3.63) is 0 Å². The standard InChI is InChI=1S/C10H15N/c1-2-5-11-10-7-8-3-4-9(10)6-8/h1,8-11H,3-7H2. The van der Waals surface area contributed by atoms with Crippen molar-refractivity contribution in [2.24, 2.45) is 11.8 Å². The molecule has 2 saturated carbocycles. The topological polar surface area (TPSA) is 12.0 Å². The highest BCUT2D eigenvalue weighted by atomic mass is 14.9. The Hall–Kier alpha value is -0.480. The highest BCUT2D eigenvalue weighted by Gasteiger charge is 2.38. The zero-order valence-corrected chi connectivity index (χ0v) is 6.84. The first kappa shape index (κ1) is 7.18. The molecule has 0 spiro atoms. The SMILES string of the molecule is C#CCNC1CC2CCC1C2. The Kier molecular flexibility index (Phi) is 1.87. The number of rotatable bonds is 2. The lowest BCUT2D eigenvalue weighted by atomic mass is 9.95. The Morgan fingerprint density at radius 2 is 2.27 bits per heavy atom. The molecular formula is C10H15N. The predicted octanol–water partition coefficient (Wildman–Crippen LogP) is 1.40. The molecule has 60 valence electrons. The van der Waals surface area contributed by atoms with Crippen LogP contribution in [-0.4, -0.2) is 12.6 Å². The van der Waals surface area contributed by atoms with Gasteiger partial charge in [0, 0.05) is 6.04 Å². The molecule has 0 aromatic heterocycles. The van der Waals surface area contributed by atoms with Gasteiger partial charge in [-0.3, -0.25) is 0 Å². The number of fused-ring (bicyclic) bond motifs is 2. The quantitative estimate of drug-likeness (QED) is 0.585. The molecule has 1 N–H and O–H groups in total. The third-order valence-electron chi connectivity index (χ3n) is 3.20. The van der Waals surface area contributed by atoms with Crippen molar-refractivity contribution in [3.8, 4) is 12.3 Å². The van der Waals surface area contributed by atoms with Gasteiger partial charge in [0.2, 0.25) is 0 Å². The predicted molar refractivity (Wildman–Crippen MR) is 46.1 cm³/mol. The molecule has 0 heterocycles. The average molecular weight is 149 g/mol. The van der Waals surface area contributed by atoms with Gasteiger partial charge in [0.15, 0.2) is 0 Å². The fraction of sp³-hybridized carbons (Fsp3) is 0.800. The van der Waals surface area contributed by atoms with Crippen LogP contribution in [0.3, 0.4) is 0 Å². The zero-order valence-electron chi connectivity index (χ0n) is 6.84. The van der Waals surface area contributed by atoms with E-state index in [0.29, 0.717) is 0 Å². The van der Waals surface area contributed by atoms with Crippen molar-refractivity contribution in [1.82, 2.24) is 5.32 Å². The van der Waals surface area contributed by atoms with Gasteiger partial charge in [-0.1, -0.05) is 12.3 Å². The molecule has 2 bridgehead atoms. The Balaban J connectivity index is 1.84. The van der Waals surface area contributed by atoms with E-state index in [9.17, 15) is 0 Å². The van der Waals surface area contributed by atoms with Gasteiger partial charge in [0.25, 0.3) is 0 Å². The van der Waals surface area contributed by atoms with Crippen LogP contribution in [0, 0.1) is 24.2 Å². The van der Waals surface area contributed by atoms with Crippen molar-refractivity contribution in [3.63, 3.8) is 0 Å². The molecule has 0 amide bonds. The second-order valence-electron chi connectivity index (χ2n) is 3.87. The normalized spacial score (nSPS) is 40.8. The van der Waals surface area contributed by atoms with E-state index < -0.39 is 0 Å². The lowest BCUT2D eigenvalue weighted by Crippen LogP contribution is -2.33. The van der Waals surface area contributed by atoms with Crippen LogP contribution in [0.4, 0.5) is 0 Å². The number of terminal acetylenes is 1. The summed E-state index contributed by atoms with van der Waals surface area (Å²) in [7, 11) is 0. The molecule has 0 aliphatic heterocycles. The van der Waals surface area contributed by atoms with E-state index in [-0.39, 0.29) is 0 Å². The molecule has 0 aromatic rings. The number of nitrogens with one attached hydrogen (secondary N) is 1. The highest BCUT2D eigenvalue weighted by molar-refractivity contribution is 4.97. The van der Waals surface area contributed by atoms with Crippen LogP contribution in [0.15, 0.2) is 0 Å². The molecule has 2 aliphatic rings. The summed E-state index contributed by atoms with van der Waals surface area (Å²) in [6, 6.07) is 0.754. The lowest BCUT2D eigenvalue weighted by molar-refractivity contribution is 0.364. The first-order chi connectivity index (χ1) is 5.40. The monoisotopic (exact) mass is 149 g/mol. The first-order valence-corrected chi connectivity index (χ1v) is 4.57. The van der Waals surface area contributed by atoms with Gasteiger partial charge in [0.05, 0.1) is 6.54 Å². The van der Waals surface area contributed by atoms with E-state index in [1.165, 1.54) is 25.7 Å². The highest BCUT2D eigenvalue weighted by Crippen LogP contribution is 2.44. The van der Waals surface area contributed by atoms with Crippen molar-refractivity contribution in [2.45, 2.75) is 31.7 Å². The smallest absolute Gasteiger partial charge is 0.0576 e. The van der Waals surface area contributed by atoms with E-state index in [4.69, 9.17) is 6.42 Å². The van der Waals surface area contributed by atoms with Crippen molar-refractivity contribution >= 4 is 0 Å². The second-order valence-corrected chi connectivity index (χ2v) is 3.87. The molecule has 0 saturated heterocycles. The van der Waals surface area contributed by atoms with Crippen LogP contribution < -0.4 is 5.32 Å². The molecular weight excluding hydrogens is 134 g/mol. The third-order valence-corrected chi connectivity index (χ3v) is 3.20. The Labute approximate surface area is 68.6 Å². The summed E-state index contributed by atoms with van der Waals surface area (Å²) in [5, 5.41) is 3.43. The summed E-state index contributed by atoms with van der Waals surface area (Å²) >= 11 is 0. The van der Waals surface area contributed by atoms with Gasteiger partial charge >= 0.3 is 0 Å². The van der Waals surface area contributed by atoms with Crippen LogP contribution in [0.1, 0.15) is 25.7 Å². The molecule has 3 atom stereocenters. The third kappa shape index (κ3) is 1.28. The van der Waals surface area contributed by atoms with E-state index >= 15 is 0 Å². The first-order valence-electron chi connectivity index (χ1n) is 4.57. The maximum atomic E-state index is 5.19. The van der Waals surface area contributed by atoms with Crippen LogP contribution in [0.2, 0.25) is 0 Å². The van der Waals surface area contributed by atoms with Gasteiger partial charge < -0.3 is 5.32 Å². The maximum Gasteiger partial charge on any atom is 0.0576 e. The van der Waals surface area contributed by atoms with Crippen molar-refractivity contribution in [1.29, 1.82) is 0 Å². The molecule has 2 rings (SSSR count). The summed E-state index contributed by atoms with van der Waals surface area (Å²) in [4.78, 5) is 0. The fourth-order valence-electron chi connectivity index (χ4n) is 2.68. The molecule has 3 unspecified atom stereocenters. The summed E-state index contributed by atoms with van der Waals surface area (Å²) in [5.41, 5.74) is 0. The summed E-state index contributed by atoms with van der Waals surface area (Å²) < 4.78 is 0. The Morgan fingerprint density at radius 1 is 1.36 bits per heavy atom. The van der Waals surface area contributed by atoms with Gasteiger partial charge in [-0.2, -0.15) is 0 Å². The Bertz CT molecular complexity index is 180. The summed E-state index contributed by atoms with van der Waals surface area (Å²) in [6.45, 7) is 0.758. The average Bonchev–Trinajstić information content (AvgIpc) is 2.60. The van der Waals surface area contributed by atoms with Gasteiger partial charge in [-0.05, 0) is 31.1 Å². The van der Waals surface area contributed by atoms with Crippen LogP contribution in [0.5, 0.6) is 0 Å². The molecule has 0 radical (unpaired) electrons. The minimum atomic E-state index is 0.754. The lowest BCUT2D eigenvalue weighted by Gasteiger charge is -2.21. The molecule has 2 fully saturated rings.